The van der Waals surface area contributed by atoms with Crippen molar-refractivity contribution < 1.29 is 4.74 Å². The fourth-order valence-corrected chi connectivity index (χ4v) is 2.80. The smallest absolute Gasteiger partial charge is 0.0475 e. The zero-order valence-corrected chi connectivity index (χ0v) is 12.8. The third-order valence-corrected chi connectivity index (χ3v) is 4.28. The minimum Gasteiger partial charge on any atom is -0.381 e. The Morgan fingerprint density at radius 3 is 2.39 bits per heavy atom. The number of halogens is 1. The lowest BCUT2D eigenvalue weighted by Gasteiger charge is -2.38. The second-order valence-corrected chi connectivity index (χ2v) is 6.35. The van der Waals surface area contributed by atoms with Gasteiger partial charge in [-0.15, -0.1) is 0 Å². The second-order valence-electron chi connectivity index (χ2n) is 5.44. The van der Waals surface area contributed by atoms with Crippen molar-refractivity contribution in [3.05, 3.63) is 34.3 Å². The standard InChI is InChI=1S/C15H22BrNO/c1-12(2)17-11-15(7-9-18-10-8-15)13-3-5-14(16)6-4-13/h3-6,12,17H,7-11H2,1-2H3. The maximum Gasteiger partial charge on any atom is 0.0475 e. The molecular weight excluding hydrogens is 290 g/mol. The third-order valence-electron chi connectivity index (χ3n) is 3.76. The molecule has 0 saturated carbocycles. The molecule has 0 unspecified atom stereocenters. The summed E-state index contributed by atoms with van der Waals surface area (Å²) in [6.07, 6.45) is 2.21. The summed E-state index contributed by atoms with van der Waals surface area (Å²) in [4.78, 5) is 0. The zero-order valence-electron chi connectivity index (χ0n) is 11.2. The largest absolute Gasteiger partial charge is 0.381 e. The molecule has 2 rings (SSSR count). The number of benzene rings is 1. The first-order valence-corrected chi connectivity index (χ1v) is 7.49. The predicted octanol–water partition coefficient (Wildman–Crippen LogP) is 3.50. The van der Waals surface area contributed by atoms with E-state index in [2.05, 4.69) is 59.4 Å². The van der Waals surface area contributed by atoms with Crippen LogP contribution in [-0.4, -0.2) is 25.8 Å². The van der Waals surface area contributed by atoms with E-state index in [4.69, 9.17) is 4.74 Å². The summed E-state index contributed by atoms with van der Waals surface area (Å²) >= 11 is 3.51. The predicted molar refractivity (Wildman–Crippen MR) is 79.0 cm³/mol. The van der Waals surface area contributed by atoms with Crippen molar-refractivity contribution in [2.24, 2.45) is 0 Å². The van der Waals surface area contributed by atoms with E-state index in [9.17, 15) is 0 Å². The summed E-state index contributed by atoms with van der Waals surface area (Å²) in [5, 5.41) is 3.60. The average Bonchev–Trinajstić information content (AvgIpc) is 2.38. The molecule has 1 saturated heterocycles. The topological polar surface area (TPSA) is 21.3 Å². The van der Waals surface area contributed by atoms with Crippen LogP contribution in [0.15, 0.2) is 28.7 Å². The molecule has 0 aromatic heterocycles. The van der Waals surface area contributed by atoms with Gasteiger partial charge in [-0.2, -0.15) is 0 Å². The van der Waals surface area contributed by atoms with Crippen molar-refractivity contribution in [2.45, 2.75) is 38.1 Å². The third kappa shape index (κ3) is 3.34. The van der Waals surface area contributed by atoms with E-state index in [1.165, 1.54) is 5.56 Å². The monoisotopic (exact) mass is 311 g/mol. The van der Waals surface area contributed by atoms with E-state index in [1.807, 2.05) is 0 Å². The van der Waals surface area contributed by atoms with Crippen LogP contribution < -0.4 is 5.32 Å². The van der Waals surface area contributed by atoms with Crippen LogP contribution in [-0.2, 0) is 10.2 Å². The molecule has 0 radical (unpaired) electrons. The van der Waals surface area contributed by atoms with Gasteiger partial charge in [0.25, 0.3) is 0 Å². The van der Waals surface area contributed by atoms with Crippen LogP contribution in [0.25, 0.3) is 0 Å². The van der Waals surface area contributed by atoms with Gasteiger partial charge in [-0.1, -0.05) is 41.9 Å². The molecule has 0 aliphatic carbocycles. The Hall–Kier alpha value is -0.380. The number of nitrogens with one attached hydrogen (secondary N) is 1. The van der Waals surface area contributed by atoms with Crippen LogP contribution in [0.3, 0.4) is 0 Å². The Morgan fingerprint density at radius 2 is 1.83 bits per heavy atom. The highest BCUT2D eigenvalue weighted by molar-refractivity contribution is 9.10. The van der Waals surface area contributed by atoms with Crippen molar-refractivity contribution in [3.63, 3.8) is 0 Å². The first-order chi connectivity index (χ1) is 8.62. The van der Waals surface area contributed by atoms with Gasteiger partial charge in [0.05, 0.1) is 0 Å². The van der Waals surface area contributed by atoms with E-state index in [-0.39, 0.29) is 5.41 Å². The number of rotatable bonds is 4. The molecule has 1 N–H and O–H groups in total. The van der Waals surface area contributed by atoms with Crippen LogP contribution in [0.4, 0.5) is 0 Å². The summed E-state index contributed by atoms with van der Waals surface area (Å²) in [5.74, 6) is 0. The molecular formula is C15H22BrNO. The summed E-state index contributed by atoms with van der Waals surface area (Å²) in [6.45, 7) is 7.19. The van der Waals surface area contributed by atoms with Crippen LogP contribution in [0.5, 0.6) is 0 Å². The van der Waals surface area contributed by atoms with E-state index in [1.54, 1.807) is 0 Å². The molecule has 0 amide bonds. The Kier molecular flexibility index (Phi) is 4.82. The molecule has 18 heavy (non-hydrogen) atoms. The SMILES string of the molecule is CC(C)NCC1(c2ccc(Br)cc2)CCOCC1. The Bertz CT molecular complexity index is 369. The highest BCUT2D eigenvalue weighted by Gasteiger charge is 2.34. The van der Waals surface area contributed by atoms with Crippen LogP contribution in [0.1, 0.15) is 32.3 Å². The number of ether oxygens (including phenoxy) is 1. The normalized spacial score (nSPS) is 19.1. The Morgan fingerprint density at radius 1 is 1.22 bits per heavy atom. The van der Waals surface area contributed by atoms with Crippen molar-refractivity contribution in [3.8, 4) is 0 Å². The van der Waals surface area contributed by atoms with Crippen LogP contribution in [0, 0.1) is 0 Å². The molecule has 1 aliphatic heterocycles. The van der Waals surface area contributed by atoms with Gasteiger partial charge in [-0.25, -0.2) is 0 Å². The van der Waals surface area contributed by atoms with Crippen molar-refractivity contribution in [1.29, 1.82) is 0 Å². The highest BCUT2D eigenvalue weighted by Crippen LogP contribution is 2.35. The molecule has 3 heteroatoms. The Labute approximate surface area is 118 Å². The van der Waals surface area contributed by atoms with E-state index >= 15 is 0 Å². The van der Waals surface area contributed by atoms with E-state index < -0.39 is 0 Å². The minimum absolute atomic E-state index is 0.239. The highest BCUT2D eigenvalue weighted by atomic mass is 79.9. The van der Waals surface area contributed by atoms with Crippen molar-refractivity contribution >= 4 is 15.9 Å². The van der Waals surface area contributed by atoms with Crippen LogP contribution >= 0.6 is 15.9 Å². The summed E-state index contributed by atoms with van der Waals surface area (Å²) in [6, 6.07) is 9.30. The lowest BCUT2D eigenvalue weighted by atomic mass is 9.74. The number of hydrogen-bond acceptors (Lipinski definition) is 2. The van der Waals surface area contributed by atoms with Gasteiger partial charge in [0.15, 0.2) is 0 Å². The van der Waals surface area contributed by atoms with Gasteiger partial charge >= 0.3 is 0 Å². The molecule has 1 aromatic carbocycles. The van der Waals surface area contributed by atoms with Gasteiger partial charge in [0, 0.05) is 35.7 Å². The molecule has 0 bridgehead atoms. The van der Waals surface area contributed by atoms with Crippen molar-refractivity contribution in [2.75, 3.05) is 19.8 Å². The minimum atomic E-state index is 0.239. The number of hydrogen-bond donors (Lipinski definition) is 1. The summed E-state index contributed by atoms with van der Waals surface area (Å²) in [5.41, 5.74) is 1.67. The fourth-order valence-electron chi connectivity index (χ4n) is 2.53. The van der Waals surface area contributed by atoms with Crippen LogP contribution in [0.2, 0.25) is 0 Å². The van der Waals surface area contributed by atoms with Gasteiger partial charge in [0.2, 0.25) is 0 Å². The average molecular weight is 312 g/mol. The van der Waals surface area contributed by atoms with Gasteiger partial charge in [-0.3, -0.25) is 0 Å². The lowest BCUT2D eigenvalue weighted by Crippen LogP contribution is -2.44. The van der Waals surface area contributed by atoms with Gasteiger partial charge in [-0.05, 0) is 30.5 Å². The molecule has 1 aromatic rings. The van der Waals surface area contributed by atoms with Gasteiger partial charge in [0.1, 0.15) is 0 Å². The molecule has 100 valence electrons. The molecule has 1 heterocycles. The maximum atomic E-state index is 5.54. The molecule has 1 fully saturated rings. The van der Waals surface area contributed by atoms with E-state index in [0.717, 1.165) is 37.1 Å². The zero-order chi connectivity index (χ0) is 13.0. The van der Waals surface area contributed by atoms with Gasteiger partial charge < -0.3 is 10.1 Å². The van der Waals surface area contributed by atoms with Crippen molar-refractivity contribution in [1.82, 2.24) is 5.32 Å². The first kappa shape index (κ1) is 14.0. The second kappa shape index (κ2) is 6.18. The maximum absolute atomic E-state index is 5.54. The summed E-state index contributed by atoms with van der Waals surface area (Å²) in [7, 11) is 0. The molecule has 2 nitrogen and oxygen atoms in total. The molecule has 1 aliphatic rings. The molecule has 0 spiro atoms. The Balaban J connectivity index is 2.20. The quantitative estimate of drug-likeness (QED) is 0.919. The summed E-state index contributed by atoms with van der Waals surface area (Å²) < 4.78 is 6.68. The fraction of sp³-hybridized carbons (Fsp3) is 0.600. The molecule has 0 atom stereocenters. The lowest BCUT2D eigenvalue weighted by molar-refractivity contribution is 0.0492. The van der Waals surface area contributed by atoms with E-state index in [0.29, 0.717) is 6.04 Å². The first-order valence-electron chi connectivity index (χ1n) is 6.70.